The zero-order valence-electron chi connectivity index (χ0n) is 11.2. The van der Waals surface area contributed by atoms with E-state index in [1.165, 1.54) is 0 Å². The monoisotopic (exact) mass is 250 g/mol. The van der Waals surface area contributed by atoms with Gasteiger partial charge in [0.1, 0.15) is 17.5 Å². The Labute approximate surface area is 108 Å². The molecule has 0 aliphatic carbocycles. The van der Waals surface area contributed by atoms with Crippen LogP contribution < -0.4 is 10.6 Å². The molecule has 2 N–H and O–H groups in total. The molecule has 1 atom stereocenters. The number of nitrogens with two attached hydrogens (primary N) is 1. The molecule has 0 amide bonds. The van der Waals surface area contributed by atoms with Gasteiger partial charge in [0, 0.05) is 25.8 Å². The van der Waals surface area contributed by atoms with E-state index >= 15 is 0 Å². The van der Waals surface area contributed by atoms with E-state index < -0.39 is 0 Å². The molecule has 1 fully saturated rings. The maximum absolute atomic E-state index is 5.83. The summed E-state index contributed by atoms with van der Waals surface area (Å²) < 4.78 is 5.83. The molecule has 0 radical (unpaired) electrons. The van der Waals surface area contributed by atoms with E-state index in [4.69, 9.17) is 10.5 Å². The highest BCUT2D eigenvalue weighted by atomic mass is 16.5. The third-order valence-electron chi connectivity index (χ3n) is 3.10. The van der Waals surface area contributed by atoms with Gasteiger partial charge >= 0.3 is 0 Å². The Hall–Kier alpha value is -1.36. The van der Waals surface area contributed by atoms with Crippen molar-refractivity contribution in [2.45, 2.75) is 39.2 Å². The Morgan fingerprint density at radius 3 is 3.06 bits per heavy atom. The Bertz CT molecular complexity index is 376. The van der Waals surface area contributed by atoms with Gasteiger partial charge in [-0.15, -0.1) is 0 Å². The van der Waals surface area contributed by atoms with Crippen LogP contribution in [0, 0.1) is 6.92 Å². The van der Waals surface area contributed by atoms with Crippen molar-refractivity contribution < 1.29 is 4.74 Å². The molecular formula is C13H22N4O. The summed E-state index contributed by atoms with van der Waals surface area (Å²) in [6, 6.07) is 1.84. The van der Waals surface area contributed by atoms with E-state index in [2.05, 4.69) is 21.8 Å². The van der Waals surface area contributed by atoms with Gasteiger partial charge in [-0.25, -0.2) is 9.97 Å². The van der Waals surface area contributed by atoms with Crippen molar-refractivity contribution >= 4 is 11.6 Å². The zero-order valence-corrected chi connectivity index (χ0v) is 11.2. The first-order valence-corrected chi connectivity index (χ1v) is 6.66. The summed E-state index contributed by atoms with van der Waals surface area (Å²) in [5, 5.41) is 0. The third-order valence-corrected chi connectivity index (χ3v) is 3.10. The van der Waals surface area contributed by atoms with Gasteiger partial charge in [0.25, 0.3) is 0 Å². The fourth-order valence-electron chi connectivity index (χ4n) is 2.30. The zero-order chi connectivity index (χ0) is 13.0. The SMILES string of the molecule is CCCOC1CCCN(c2cc(N)nc(C)n2)C1. The topological polar surface area (TPSA) is 64.3 Å². The average Bonchev–Trinajstić information content (AvgIpc) is 2.35. The number of nitrogen functional groups attached to an aromatic ring is 1. The van der Waals surface area contributed by atoms with Crippen molar-refractivity contribution in [1.82, 2.24) is 9.97 Å². The van der Waals surface area contributed by atoms with Crippen molar-refractivity contribution in [2.24, 2.45) is 0 Å². The van der Waals surface area contributed by atoms with Gasteiger partial charge < -0.3 is 15.4 Å². The quantitative estimate of drug-likeness (QED) is 0.882. The predicted octanol–water partition coefficient (Wildman–Crippen LogP) is 1.76. The lowest BCUT2D eigenvalue weighted by molar-refractivity contribution is 0.0439. The molecule has 1 unspecified atom stereocenters. The second-order valence-electron chi connectivity index (χ2n) is 4.78. The van der Waals surface area contributed by atoms with Crippen molar-refractivity contribution in [3.8, 4) is 0 Å². The molecule has 5 nitrogen and oxygen atoms in total. The van der Waals surface area contributed by atoms with Gasteiger partial charge in [-0.1, -0.05) is 6.92 Å². The van der Waals surface area contributed by atoms with E-state index in [-0.39, 0.29) is 0 Å². The van der Waals surface area contributed by atoms with Gasteiger partial charge in [0.2, 0.25) is 0 Å². The fraction of sp³-hybridized carbons (Fsp3) is 0.692. The highest BCUT2D eigenvalue weighted by Crippen LogP contribution is 2.21. The molecule has 1 aromatic heterocycles. The van der Waals surface area contributed by atoms with E-state index in [0.717, 1.165) is 50.6 Å². The Morgan fingerprint density at radius 1 is 1.50 bits per heavy atom. The number of ether oxygens (including phenoxy) is 1. The molecule has 0 saturated carbocycles. The molecule has 0 bridgehead atoms. The van der Waals surface area contributed by atoms with Crippen LogP contribution in [0.15, 0.2) is 6.07 Å². The fourth-order valence-corrected chi connectivity index (χ4v) is 2.30. The second-order valence-corrected chi connectivity index (χ2v) is 4.78. The molecule has 1 aliphatic rings. The number of hydrogen-bond acceptors (Lipinski definition) is 5. The molecular weight excluding hydrogens is 228 g/mol. The molecule has 2 heterocycles. The smallest absolute Gasteiger partial charge is 0.134 e. The number of nitrogens with zero attached hydrogens (tertiary/aromatic N) is 3. The number of anilines is 2. The van der Waals surface area contributed by atoms with Crippen LogP contribution in [0.3, 0.4) is 0 Å². The van der Waals surface area contributed by atoms with Gasteiger partial charge in [0.05, 0.1) is 6.10 Å². The first kappa shape index (κ1) is 13.1. The Balaban J connectivity index is 2.03. The predicted molar refractivity (Wildman–Crippen MR) is 72.7 cm³/mol. The van der Waals surface area contributed by atoms with Crippen LogP contribution in [0.25, 0.3) is 0 Å². The summed E-state index contributed by atoms with van der Waals surface area (Å²) in [5.41, 5.74) is 5.77. The minimum atomic E-state index is 0.315. The Morgan fingerprint density at radius 2 is 2.33 bits per heavy atom. The maximum Gasteiger partial charge on any atom is 0.134 e. The van der Waals surface area contributed by atoms with Crippen LogP contribution >= 0.6 is 0 Å². The second kappa shape index (κ2) is 6.00. The number of piperidine rings is 1. The summed E-state index contributed by atoms with van der Waals surface area (Å²) in [6.07, 6.45) is 3.65. The first-order chi connectivity index (χ1) is 8.69. The summed E-state index contributed by atoms with van der Waals surface area (Å²) in [5.74, 6) is 2.18. The molecule has 1 aromatic rings. The van der Waals surface area contributed by atoms with E-state index in [0.29, 0.717) is 11.9 Å². The molecule has 100 valence electrons. The molecule has 0 spiro atoms. The Kier molecular flexibility index (Phi) is 4.36. The minimum Gasteiger partial charge on any atom is -0.384 e. The van der Waals surface area contributed by atoms with Crippen LogP contribution in [0.1, 0.15) is 32.0 Å². The van der Waals surface area contributed by atoms with Crippen LogP contribution in [0.5, 0.6) is 0 Å². The highest BCUT2D eigenvalue weighted by Gasteiger charge is 2.21. The van der Waals surface area contributed by atoms with Crippen molar-refractivity contribution in [3.05, 3.63) is 11.9 Å². The molecule has 18 heavy (non-hydrogen) atoms. The first-order valence-electron chi connectivity index (χ1n) is 6.66. The normalized spacial score (nSPS) is 20.1. The van der Waals surface area contributed by atoms with Crippen molar-refractivity contribution in [1.29, 1.82) is 0 Å². The van der Waals surface area contributed by atoms with Gasteiger partial charge in [-0.05, 0) is 26.2 Å². The van der Waals surface area contributed by atoms with E-state index in [9.17, 15) is 0 Å². The van der Waals surface area contributed by atoms with Crippen molar-refractivity contribution in [3.63, 3.8) is 0 Å². The minimum absolute atomic E-state index is 0.315. The van der Waals surface area contributed by atoms with Crippen LogP contribution in [0.2, 0.25) is 0 Å². The lowest BCUT2D eigenvalue weighted by atomic mass is 10.1. The van der Waals surface area contributed by atoms with Gasteiger partial charge in [0.15, 0.2) is 0 Å². The number of aromatic nitrogens is 2. The maximum atomic E-state index is 5.83. The summed E-state index contributed by atoms with van der Waals surface area (Å²) in [6.45, 7) is 6.76. The number of hydrogen-bond donors (Lipinski definition) is 1. The third kappa shape index (κ3) is 3.32. The molecule has 2 rings (SSSR count). The summed E-state index contributed by atoms with van der Waals surface area (Å²) >= 11 is 0. The average molecular weight is 250 g/mol. The lowest BCUT2D eigenvalue weighted by Gasteiger charge is -2.33. The largest absolute Gasteiger partial charge is 0.384 e. The molecule has 1 aliphatic heterocycles. The number of aryl methyl sites for hydroxylation is 1. The molecule has 0 aromatic carbocycles. The summed E-state index contributed by atoms with van der Waals surface area (Å²) in [7, 11) is 0. The molecule has 1 saturated heterocycles. The standard InChI is InChI=1S/C13H22N4O/c1-3-7-18-11-5-4-6-17(9-11)13-8-12(14)15-10(2)16-13/h8,11H,3-7,9H2,1-2H3,(H2,14,15,16). The number of rotatable bonds is 4. The van der Waals surface area contributed by atoms with Gasteiger partial charge in [-0.2, -0.15) is 0 Å². The van der Waals surface area contributed by atoms with Gasteiger partial charge in [-0.3, -0.25) is 0 Å². The van der Waals surface area contributed by atoms with E-state index in [1.54, 1.807) is 0 Å². The lowest BCUT2D eigenvalue weighted by Crippen LogP contribution is -2.40. The van der Waals surface area contributed by atoms with E-state index in [1.807, 2.05) is 13.0 Å². The van der Waals surface area contributed by atoms with Crippen LogP contribution in [-0.2, 0) is 4.74 Å². The van der Waals surface area contributed by atoms with Crippen LogP contribution in [0.4, 0.5) is 11.6 Å². The highest BCUT2D eigenvalue weighted by molar-refractivity contribution is 5.47. The molecule has 5 heteroatoms. The van der Waals surface area contributed by atoms with Crippen molar-refractivity contribution in [2.75, 3.05) is 30.3 Å². The summed E-state index contributed by atoms with van der Waals surface area (Å²) in [4.78, 5) is 10.8. The van der Waals surface area contributed by atoms with Crippen LogP contribution in [-0.4, -0.2) is 35.8 Å².